The number of anilines is 2. The molecule has 0 bridgehead atoms. The van der Waals surface area contributed by atoms with Crippen molar-refractivity contribution in [2.24, 2.45) is 0 Å². The van der Waals surface area contributed by atoms with Crippen LogP contribution in [0.5, 0.6) is 0 Å². The van der Waals surface area contributed by atoms with Crippen molar-refractivity contribution < 1.29 is 39.4 Å². The van der Waals surface area contributed by atoms with Crippen LogP contribution in [0.25, 0.3) is 22.1 Å². The Balaban J connectivity index is 0.000000188. The van der Waals surface area contributed by atoms with E-state index in [2.05, 4.69) is 19.9 Å². The van der Waals surface area contributed by atoms with Crippen molar-refractivity contribution in [2.45, 2.75) is 108 Å². The molecule has 0 radical (unpaired) electrons. The molecule has 17 heteroatoms. The lowest BCUT2D eigenvalue weighted by molar-refractivity contribution is -0.105. The maximum Gasteiger partial charge on any atom is 0.261 e. The SMILES string of the molecule is CC(C)(C)OC[C@H]1O[C@@H](n2ccc3c(=O)[nH]c(N)nc32)[C@](C)(O)[C@@H]1O.CC(C)OC[C@H]1O[C@@H](n2ccc3c(N)ncnc32)[C@](C)(O)[C@@H]1O. The number of fused-ring (bicyclic) bond motifs is 2. The summed E-state index contributed by atoms with van der Waals surface area (Å²) in [4.78, 5) is 26.7. The third-order valence-electron chi connectivity index (χ3n) is 8.43. The zero-order valence-electron chi connectivity index (χ0n) is 28.1. The fourth-order valence-electron chi connectivity index (χ4n) is 5.80. The number of H-pyrrole nitrogens is 1. The van der Waals surface area contributed by atoms with Crippen LogP contribution < -0.4 is 17.0 Å². The summed E-state index contributed by atoms with van der Waals surface area (Å²) in [7, 11) is 0. The van der Waals surface area contributed by atoms with E-state index in [9.17, 15) is 25.2 Å². The van der Waals surface area contributed by atoms with Crippen LogP contribution >= 0.6 is 0 Å². The number of aliphatic hydroxyl groups is 4. The molecule has 8 atom stereocenters. The van der Waals surface area contributed by atoms with E-state index in [1.54, 1.807) is 29.1 Å². The maximum absolute atomic E-state index is 12.0. The normalized spacial score (nSPS) is 30.8. The number of hydrogen-bond donors (Lipinski definition) is 7. The number of ether oxygens (including phenoxy) is 4. The first-order chi connectivity index (χ1) is 22.3. The summed E-state index contributed by atoms with van der Waals surface area (Å²) in [5, 5.41) is 43.4. The molecule has 9 N–H and O–H groups in total. The van der Waals surface area contributed by atoms with Crippen molar-refractivity contribution >= 4 is 33.8 Å². The molecular weight excluding hydrogens is 628 g/mol. The lowest BCUT2D eigenvalue weighted by Crippen LogP contribution is -2.45. The van der Waals surface area contributed by atoms with Crippen LogP contribution in [0.1, 0.15) is 60.9 Å². The molecule has 0 aliphatic carbocycles. The molecule has 2 aliphatic rings. The van der Waals surface area contributed by atoms with Gasteiger partial charge in [0.05, 0.1) is 35.7 Å². The number of nitrogens with two attached hydrogens (primary N) is 2. The molecule has 6 heterocycles. The van der Waals surface area contributed by atoms with Crippen molar-refractivity contribution in [1.29, 1.82) is 0 Å². The molecule has 6 rings (SSSR count). The highest BCUT2D eigenvalue weighted by Gasteiger charge is 2.54. The minimum absolute atomic E-state index is 0.00902. The van der Waals surface area contributed by atoms with E-state index in [0.29, 0.717) is 22.2 Å². The number of nitrogen functional groups attached to an aromatic ring is 2. The molecule has 4 aromatic rings. The molecule has 0 aromatic carbocycles. The van der Waals surface area contributed by atoms with Crippen LogP contribution in [0.4, 0.5) is 11.8 Å². The third-order valence-corrected chi connectivity index (χ3v) is 8.43. The first-order valence-corrected chi connectivity index (χ1v) is 15.6. The molecule has 2 aliphatic heterocycles. The number of nitrogens with one attached hydrogen (secondary N) is 1. The Morgan fingerprint density at radius 2 is 1.48 bits per heavy atom. The zero-order chi connectivity index (χ0) is 35.3. The number of rotatable bonds is 7. The Morgan fingerprint density at radius 1 is 0.938 bits per heavy atom. The average molecular weight is 675 g/mol. The standard InChI is InChI=1S/C16H24N4O5.C15H22N4O4/c1-15(2,3)24-7-9-10(21)16(4,23)13(25-9)20-6-5-8-11(20)18-14(17)19-12(8)22;1-8(2)22-6-10-11(20)15(3,21)14(23-10)19-5-4-9-12(16)17-7-18-13(9)19/h5-6,9-10,13,21,23H,7H2,1-4H3,(H3,17,18,19,22);4-5,7-8,10-11,14,20-21H,6H2,1-3H3,(H2,16,17,18)/t9-,10-,13-,16-;10-,11-,14-,15-/m11/s1. The highest BCUT2D eigenvalue weighted by atomic mass is 16.6. The van der Waals surface area contributed by atoms with Gasteiger partial charge in [-0.05, 0) is 60.6 Å². The Morgan fingerprint density at radius 3 is 2.04 bits per heavy atom. The van der Waals surface area contributed by atoms with E-state index in [1.807, 2.05) is 34.6 Å². The average Bonchev–Trinajstić information content (AvgIpc) is 3.71. The first-order valence-electron chi connectivity index (χ1n) is 15.6. The van der Waals surface area contributed by atoms with Crippen LogP contribution in [0.15, 0.2) is 35.6 Å². The van der Waals surface area contributed by atoms with Gasteiger partial charge in [0.25, 0.3) is 5.56 Å². The molecule has 0 saturated carbocycles. The monoisotopic (exact) mass is 674 g/mol. The minimum Gasteiger partial charge on any atom is -0.387 e. The Kier molecular flexibility index (Phi) is 9.63. The maximum atomic E-state index is 12.0. The van der Waals surface area contributed by atoms with Gasteiger partial charge in [-0.2, -0.15) is 4.98 Å². The number of aromatic amines is 1. The quantitative estimate of drug-likeness (QED) is 0.142. The summed E-state index contributed by atoms with van der Waals surface area (Å²) in [6.45, 7) is 12.8. The van der Waals surface area contributed by atoms with E-state index in [1.165, 1.54) is 24.7 Å². The first kappa shape index (κ1) is 35.6. The number of aromatic nitrogens is 6. The highest BCUT2D eigenvalue weighted by Crippen LogP contribution is 2.41. The smallest absolute Gasteiger partial charge is 0.261 e. The fourth-order valence-corrected chi connectivity index (χ4v) is 5.80. The second kappa shape index (κ2) is 13.0. The van der Waals surface area contributed by atoms with E-state index in [0.717, 1.165) is 0 Å². The number of hydrogen-bond acceptors (Lipinski definition) is 14. The van der Waals surface area contributed by atoms with Crippen LogP contribution in [-0.2, 0) is 18.9 Å². The van der Waals surface area contributed by atoms with Gasteiger partial charge in [0.2, 0.25) is 5.95 Å². The molecule has 17 nitrogen and oxygen atoms in total. The third kappa shape index (κ3) is 6.77. The molecule has 2 fully saturated rings. The van der Waals surface area contributed by atoms with Gasteiger partial charge in [0.1, 0.15) is 53.4 Å². The summed E-state index contributed by atoms with van der Waals surface area (Å²) in [5.41, 5.74) is 8.39. The van der Waals surface area contributed by atoms with Crippen LogP contribution in [0, 0.1) is 0 Å². The van der Waals surface area contributed by atoms with Crippen molar-refractivity contribution in [3.63, 3.8) is 0 Å². The van der Waals surface area contributed by atoms with Gasteiger partial charge in [-0.1, -0.05) is 0 Å². The molecule has 0 spiro atoms. The molecule has 0 amide bonds. The van der Waals surface area contributed by atoms with Crippen molar-refractivity contribution in [1.82, 2.24) is 29.1 Å². The second-order valence-corrected chi connectivity index (χ2v) is 13.8. The summed E-state index contributed by atoms with van der Waals surface area (Å²) < 4.78 is 26.1. The highest BCUT2D eigenvalue weighted by molar-refractivity contribution is 5.86. The molecule has 0 unspecified atom stereocenters. The second-order valence-electron chi connectivity index (χ2n) is 13.8. The molecule has 48 heavy (non-hydrogen) atoms. The predicted octanol–water partition coefficient (Wildman–Crippen LogP) is 0.579. The molecule has 4 aromatic heterocycles. The number of aliphatic hydroxyl groups excluding tert-OH is 2. The van der Waals surface area contributed by atoms with Crippen LogP contribution in [0.3, 0.4) is 0 Å². The summed E-state index contributed by atoms with van der Waals surface area (Å²) in [6, 6.07) is 3.32. The zero-order valence-corrected chi connectivity index (χ0v) is 28.1. The van der Waals surface area contributed by atoms with Gasteiger partial charge >= 0.3 is 0 Å². The van der Waals surface area contributed by atoms with E-state index < -0.39 is 53.7 Å². The summed E-state index contributed by atoms with van der Waals surface area (Å²) >= 11 is 0. The van der Waals surface area contributed by atoms with Crippen LogP contribution in [-0.4, -0.2) is 110 Å². The van der Waals surface area contributed by atoms with Crippen LogP contribution in [0.2, 0.25) is 0 Å². The van der Waals surface area contributed by atoms with Crippen molar-refractivity contribution in [3.8, 4) is 0 Å². The van der Waals surface area contributed by atoms with Gasteiger partial charge < -0.3 is 60.0 Å². The minimum atomic E-state index is -1.60. The van der Waals surface area contributed by atoms with Gasteiger partial charge in [-0.3, -0.25) is 9.78 Å². The van der Waals surface area contributed by atoms with E-state index in [-0.39, 0.29) is 36.5 Å². The van der Waals surface area contributed by atoms with Gasteiger partial charge in [-0.15, -0.1) is 0 Å². The van der Waals surface area contributed by atoms with Gasteiger partial charge in [-0.25, -0.2) is 9.97 Å². The Labute approximate surface area is 276 Å². The Bertz CT molecular complexity index is 1790. The lowest BCUT2D eigenvalue weighted by atomic mass is 9.96. The number of nitrogens with zero attached hydrogens (tertiary/aromatic N) is 5. The summed E-state index contributed by atoms with van der Waals surface area (Å²) in [5.74, 6) is 0.315. The molecule has 2 saturated heterocycles. The van der Waals surface area contributed by atoms with Crippen molar-refractivity contribution in [2.75, 3.05) is 24.7 Å². The largest absolute Gasteiger partial charge is 0.387 e. The molecular formula is C31H46N8O9. The molecule has 264 valence electrons. The van der Waals surface area contributed by atoms with Crippen molar-refractivity contribution in [3.05, 3.63) is 41.2 Å². The topological polar surface area (TPSA) is 251 Å². The summed E-state index contributed by atoms with van der Waals surface area (Å²) in [6.07, 6.45) is -0.696. The van der Waals surface area contributed by atoms with E-state index in [4.69, 9.17) is 30.4 Å². The van der Waals surface area contributed by atoms with Gasteiger partial charge in [0.15, 0.2) is 18.1 Å². The fraction of sp³-hybridized carbons (Fsp3) is 0.613. The predicted molar refractivity (Wildman–Crippen MR) is 175 cm³/mol. The lowest BCUT2D eigenvalue weighted by Gasteiger charge is -2.27. The van der Waals surface area contributed by atoms with Gasteiger partial charge in [0, 0.05) is 12.4 Å². The Hall–Kier alpha value is -3.68. The van der Waals surface area contributed by atoms with E-state index >= 15 is 0 Å².